The number of aromatic nitrogens is 1. The molecule has 0 saturated carbocycles. The zero-order chi connectivity index (χ0) is 10.5. The second-order valence-electron chi connectivity index (χ2n) is 3.60. The van der Waals surface area contributed by atoms with E-state index in [-0.39, 0.29) is 6.10 Å². The van der Waals surface area contributed by atoms with Gasteiger partial charge in [-0.1, -0.05) is 6.07 Å². The van der Waals surface area contributed by atoms with Crippen LogP contribution in [0.2, 0.25) is 0 Å². The van der Waals surface area contributed by atoms with Crippen LogP contribution in [0.4, 0.5) is 0 Å². The normalized spacial score (nSPS) is 17.7. The second kappa shape index (κ2) is 5.09. The summed E-state index contributed by atoms with van der Waals surface area (Å²) in [5.41, 5.74) is 6.57. The van der Waals surface area contributed by atoms with Gasteiger partial charge >= 0.3 is 0 Å². The Kier molecular flexibility index (Phi) is 3.53. The monoisotopic (exact) mass is 208 g/mol. The molecule has 1 aliphatic heterocycles. The summed E-state index contributed by atoms with van der Waals surface area (Å²) in [7, 11) is 0. The first kappa shape index (κ1) is 10.4. The minimum absolute atomic E-state index is 0.221. The van der Waals surface area contributed by atoms with E-state index < -0.39 is 0 Å². The molecule has 4 heteroatoms. The van der Waals surface area contributed by atoms with Crippen LogP contribution in [-0.2, 0) is 11.3 Å². The number of hydrogen-bond donors (Lipinski definition) is 1. The molecular formula is C11H16N2O2. The van der Waals surface area contributed by atoms with Gasteiger partial charge in [0.2, 0.25) is 5.88 Å². The third-order valence-corrected chi connectivity index (χ3v) is 2.52. The number of nitrogens with two attached hydrogens (primary N) is 1. The minimum Gasteiger partial charge on any atom is -0.474 e. The van der Waals surface area contributed by atoms with E-state index in [9.17, 15) is 0 Å². The van der Waals surface area contributed by atoms with E-state index in [1.807, 2.05) is 12.1 Å². The van der Waals surface area contributed by atoms with Crippen molar-refractivity contribution in [2.45, 2.75) is 25.5 Å². The van der Waals surface area contributed by atoms with Crippen molar-refractivity contribution in [3.63, 3.8) is 0 Å². The molecule has 2 N–H and O–H groups in total. The van der Waals surface area contributed by atoms with Gasteiger partial charge in [0.05, 0.1) is 13.2 Å². The van der Waals surface area contributed by atoms with Crippen molar-refractivity contribution in [1.29, 1.82) is 0 Å². The summed E-state index contributed by atoms with van der Waals surface area (Å²) in [6.07, 6.45) is 3.81. The lowest BCUT2D eigenvalue weighted by molar-refractivity contribution is 0.0233. The van der Waals surface area contributed by atoms with Crippen molar-refractivity contribution < 1.29 is 9.47 Å². The highest BCUT2D eigenvalue weighted by atomic mass is 16.5. The van der Waals surface area contributed by atoms with Gasteiger partial charge in [-0.05, 0) is 6.07 Å². The van der Waals surface area contributed by atoms with E-state index in [2.05, 4.69) is 4.98 Å². The van der Waals surface area contributed by atoms with E-state index in [1.165, 1.54) is 0 Å². The Morgan fingerprint density at radius 3 is 3.00 bits per heavy atom. The molecule has 1 saturated heterocycles. The van der Waals surface area contributed by atoms with E-state index in [1.54, 1.807) is 6.20 Å². The van der Waals surface area contributed by atoms with Crippen LogP contribution in [-0.4, -0.2) is 24.3 Å². The topological polar surface area (TPSA) is 57.4 Å². The molecule has 0 bridgehead atoms. The van der Waals surface area contributed by atoms with Gasteiger partial charge in [-0.15, -0.1) is 0 Å². The fraction of sp³-hybridized carbons (Fsp3) is 0.545. The third kappa shape index (κ3) is 2.67. The van der Waals surface area contributed by atoms with Crippen molar-refractivity contribution in [1.82, 2.24) is 4.98 Å². The highest BCUT2D eigenvalue weighted by Crippen LogP contribution is 2.19. The molecule has 0 spiro atoms. The Hall–Kier alpha value is -1.13. The molecule has 1 aromatic rings. The summed E-state index contributed by atoms with van der Waals surface area (Å²) in [5, 5.41) is 0. The van der Waals surface area contributed by atoms with Crippen LogP contribution in [0.1, 0.15) is 18.4 Å². The predicted octanol–water partition coefficient (Wildman–Crippen LogP) is 1.10. The van der Waals surface area contributed by atoms with Crippen LogP contribution in [0.3, 0.4) is 0 Å². The predicted molar refractivity (Wildman–Crippen MR) is 56.6 cm³/mol. The first-order valence-corrected chi connectivity index (χ1v) is 5.28. The third-order valence-electron chi connectivity index (χ3n) is 2.52. The molecule has 0 amide bonds. The lowest BCUT2D eigenvalue weighted by Gasteiger charge is -2.23. The summed E-state index contributed by atoms with van der Waals surface area (Å²) in [4.78, 5) is 4.20. The molecule has 2 heterocycles. The van der Waals surface area contributed by atoms with Crippen LogP contribution in [0.15, 0.2) is 18.3 Å². The molecule has 0 unspecified atom stereocenters. The number of nitrogens with zero attached hydrogens (tertiary/aromatic N) is 1. The van der Waals surface area contributed by atoms with Crippen LogP contribution in [0, 0.1) is 0 Å². The minimum atomic E-state index is 0.221. The van der Waals surface area contributed by atoms with Crippen molar-refractivity contribution in [2.24, 2.45) is 5.73 Å². The molecule has 1 aliphatic rings. The molecule has 4 nitrogen and oxygen atoms in total. The van der Waals surface area contributed by atoms with Gasteiger partial charge in [0, 0.05) is 31.1 Å². The van der Waals surface area contributed by atoms with Crippen molar-refractivity contribution in [3.05, 3.63) is 23.9 Å². The van der Waals surface area contributed by atoms with Gasteiger partial charge in [0.25, 0.3) is 0 Å². The Morgan fingerprint density at radius 1 is 1.47 bits per heavy atom. The van der Waals surface area contributed by atoms with Gasteiger partial charge in [-0.2, -0.15) is 0 Å². The van der Waals surface area contributed by atoms with Crippen molar-refractivity contribution in [2.75, 3.05) is 13.2 Å². The largest absolute Gasteiger partial charge is 0.474 e. The first-order chi connectivity index (χ1) is 7.40. The number of hydrogen-bond acceptors (Lipinski definition) is 4. The summed E-state index contributed by atoms with van der Waals surface area (Å²) in [6.45, 7) is 2.01. The molecule has 0 radical (unpaired) electrons. The molecule has 2 rings (SSSR count). The lowest BCUT2D eigenvalue weighted by Crippen LogP contribution is -2.26. The summed E-state index contributed by atoms with van der Waals surface area (Å²) in [5.74, 6) is 0.673. The average Bonchev–Trinajstić information content (AvgIpc) is 2.31. The standard InChI is InChI=1S/C11H16N2O2/c12-8-9-2-1-5-13-11(9)15-10-3-6-14-7-4-10/h1-2,5,10H,3-4,6-8,12H2. The van der Waals surface area contributed by atoms with Gasteiger partial charge < -0.3 is 15.2 Å². The van der Waals surface area contributed by atoms with E-state index in [0.717, 1.165) is 31.6 Å². The SMILES string of the molecule is NCc1cccnc1OC1CCOCC1. The van der Waals surface area contributed by atoms with Crippen LogP contribution in [0.25, 0.3) is 0 Å². The quantitative estimate of drug-likeness (QED) is 0.808. The summed E-state index contributed by atoms with van der Waals surface area (Å²) < 4.78 is 11.1. The van der Waals surface area contributed by atoms with Crippen LogP contribution >= 0.6 is 0 Å². The average molecular weight is 208 g/mol. The van der Waals surface area contributed by atoms with Gasteiger partial charge in [0.1, 0.15) is 6.10 Å². The van der Waals surface area contributed by atoms with Crippen LogP contribution in [0.5, 0.6) is 5.88 Å². The molecule has 1 fully saturated rings. The van der Waals surface area contributed by atoms with Gasteiger partial charge in [0.15, 0.2) is 0 Å². The van der Waals surface area contributed by atoms with Gasteiger partial charge in [-0.3, -0.25) is 0 Å². The second-order valence-corrected chi connectivity index (χ2v) is 3.60. The number of rotatable bonds is 3. The molecular weight excluding hydrogens is 192 g/mol. The Labute approximate surface area is 89.4 Å². The molecule has 0 aliphatic carbocycles. The van der Waals surface area contributed by atoms with Gasteiger partial charge in [-0.25, -0.2) is 4.98 Å². The molecule has 0 aromatic carbocycles. The molecule has 0 atom stereocenters. The van der Waals surface area contributed by atoms with Crippen molar-refractivity contribution in [3.8, 4) is 5.88 Å². The number of pyridine rings is 1. The van der Waals surface area contributed by atoms with E-state index in [4.69, 9.17) is 15.2 Å². The maximum absolute atomic E-state index is 5.81. The highest BCUT2D eigenvalue weighted by Gasteiger charge is 2.16. The Balaban J connectivity index is 2.02. The Bertz CT molecular complexity index is 311. The summed E-state index contributed by atoms with van der Waals surface area (Å²) in [6, 6.07) is 3.82. The lowest BCUT2D eigenvalue weighted by atomic mass is 10.1. The fourth-order valence-electron chi connectivity index (χ4n) is 1.64. The zero-order valence-electron chi connectivity index (χ0n) is 8.69. The fourth-order valence-corrected chi connectivity index (χ4v) is 1.64. The van der Waals surface area contributed by atoms with E-state index >= 15 is 0 Å². The first-order valence-electron chi connectivity index (χ1n) is 5.28. The zero-order valence-corrected chi connectivity index (χ0v) is 8.69. The van der Waals surface area contributed by atoms with Crippen LogP contribution < -0.4 is 10.5 Å². The van der Waals surface area contributed by atoms with E-state index in [0.29, 0.717) is 12.4 Å². The van der Waals surface area contributed by atoms with Crippen molar-refractivity contribution >= 4 is 0 Å². The summed E-state index contributed by atoms with van der Waals surface area (Å²) >= 11 is 0. The number of ether oxygens (including phenoxy) is 2. The highest BCUT2D eigenvalue weighted by molar-refractivity contribution is 5.25. The molecule has 15 heavy (non-hydrogen) atoms. The molecule has 1 aromatic heterocycles. The maximum atomic E-state index is 5.81. The molecule has 82 valence electrons. The smallest absolute Gasteiger partial charge is 0.218 e. The Morgan fingerprint density at radius 2 is 2.27 bits per heavy atom. The maximum Gasteiger partial charge on any atom is 0.218 e.